The first-order chi connectivity index (χ1) is 18.1. The number of hydrogen-bond acceptors (Lipinski definition) is 6. The van der Waals surface area contributed by atoms with Gasteiger partial charge in [0.2, 0.25) is 0 Å². The van der Waals surface area contributed by atoms with Crippen molar-refractivity contribution in [2.75, 3.05) is 4.31 Å². The Morgan fingerprint density at radius 1 is 1.05 bits per heavy atom. The Kier molecular flexibility index (Phi) is 8.55. The summed E-state index contributed by atoms with van der Waals surface area (Å²) in [7, 11) is 0. The van der Waals surface area contributed by atoms with E-state index in [1.165, 1.54) is 0 Å². The zero-order valence-corrected chi connectivity index (χ0v) is 21.6. The lowest BCUT2D eigenvalue weighted by atomic mass is 10.0. The molecule has 198 valence electrons. The van der Waals surface area contributed by atoms with Gasteiger partial charge in [0, 0.05) is 23.3 Å². The summed E-state index contributed by atoms with van der Waals surface area (Å²) >= 11 is -2.13. The maximum atomic E-state index is 13.6. The number of carbonyl (C=O) groups excluding carboxylic acids is 1. The van der Waals surface area contributed by atoms with E-state index in [0.717, 1.165) is 45.4 Å². The van der Waals surface area contributed by atoms with Crippen molar-refractivity contribution in [3.05, 3.63) is 112 Å². The number of alkyl halides is 3. The second-order valence-electron chi connectivity index (χ2n) is 8.43. The molecule has 4 aromatic rings. The molecule has 2 atom stereocenters. The molecule has 1 amide bonds. The van der Waals surface area contributed by atoms with Crippen LogP contribution in [-0.2, 0) is 30.4 Å². The predicted molar refractivity (Wildman–Crippen MR) is 138 cm³/mol. The van der Waals surface area contributed by atoms with Gasteiger partial charge in [-0.25, -0.2) is 0 Å². The van der Waals surface area contributed by atoms with Crippen LogP contribution in [0.3, 0.4) is 0 Å². The first kappa shape index (κ1) is 27.4. The minimum atomic E-state index is -4.69. The van der Waals surface area contributed by atoms with Crippen LogP contribution in [0, 0.1) is 0 Å². The lowest BCUT2D eigenvalue weighted by Gasteiger charge is -2.26. The molecule has 38 heavy (non-hydrogen) atoms. The van der Waals surface area contributed by atoms with Crippen molar-refractivity contribution in [3.8, 4) is 0 Å². The Labute approximate surface area is 224 Å². The fraction of sp³-hybridized carbons (Fsp3) is 0.192. The third kappa shape index (κ3) is 6.63. The van der Waals surface area contributed by atoms with Crippen LogP contribution in [0.1, 0.15) is 51.3 Å². The standard InChI is InChI=1S/C26H23F3N4O3S2/c1-17(19-10-6-3-7-11-19)30-25(34)22-13-12-21(26(27,28)29)15-20(22)16-33(38(35)36)24-23(31-37-32-24)14-18-8-4-2-5-9-18/h2-13,15,17H,14,16H2,1H3,(H,30,34)(H,35,36)/p-1. The van der Waals surface area contributed by atoms with Gasteiger partial charge in [-0.1, -0.05) is 60.7 Å². The number of rotatable bonds is 9. The SMILES string of the molecule is CC(NC(=O)c1ccc(C(F)(F)F)cc1CN(c1nsnc1Cc1ccccc1)S(=O)[O-])c1ccccc1. The van der Waals surface area contributed by atoms with Gasteiger partial charge in [0.25, 0.3) is 5.91 Å². The number of benzene rings is 3. The number of aromatic nitrogens is 2. The Balaban J connectivity index is 1.68. The molecule has 0 saturated carbocycles. The predicted octanol–water partition coefficient (Wildman–Crippen LogP) is 5.44. The van der Waals surface area contributed by atoms with Crippen LogP contribution in [0.15, 0.2) is 78.9 Å². The summed E-state index contributed by atoms with van der Waals surface area (Å²) in [5.41, 5.74) is 0.797. The van der Waals surface area contributed by atoms with E-state index < -0.39 is 41.5 Å². The molecule has 0 bridgehead atoms. The van der Waals surface area contributed by atoms with Gasteiger partial charge in [0.05, 0.1) is 29.9 Å². The molecule has 0 fully saturated rings. The van der Waals surface area contributed by atoms with Gasteiger partial charge in [0.1, 0.15) is 5.69 Å². The van der Waals surface area contributed by atoms with Crippen LogP contribution < -0.4 is 9.62 Å². The van der Waals surface area contributed by atoms with Crippen molar-refractivity contribution in [3.63, 3.8) is 0 Å². The van der Waals surface area contributed by atoms with Crippen LogP contribution in [0.2, 0.25) is 0 Å². The fourth-order valence-electron chi connectivity index (χ4n) is 3.87. The molecule has 7 nitrogen and oxygen atoms in total. The molecule has 3 aromatic carbocycles. The lowest BCUT2D eigenvalue weighted by molar-refractivity contribution is -0.137. The van der Waals surface area contributed by atoms with Crippen molar-refractivity contribution in [1.29, 1.82) is 0 Å². The van der Waals surface area contributed by atoms with E-state index in [2.05, 4.69) is 14.1 Å². The highest BCUT2D eigenvalue weighted by atomic mass is 32.2. The molecule has 2 unspecified atom stereocenters. The summed E-state index contributed by atoms with van der Waals surface area (Å²) < 4.78 is 74.3. The average Bonchev–Trinajstić information content (AvgIpc) is 3.35. The smallest absolute Gasteiger partial charge is 0.416 e. The molecule has 0 saturated heterocycles. The highest BCUT2D eigenvalue weighted by molar-refractivity contribution is 7.80. The number of amides is 1. The largest absolute Gasteiger partial charge is 0.755 e. The van der Waals surface area contributed by atoms with Gasteiger partial charge in [-0.3, -0.25) is 13.3 Å². The Morgan fingerprint density at radius 3 is 2.34 bits per heavy atom. The second-order valence-corrected chi connectivity index (χ2v) is 9.83. The molecule has 0 aliphatic heterocycles. The molecular weight excluding hydrogens is 537 g/mol. The maximum Gasteiger partial charge on any atom is 0.416 e. The van der Waals surface area contributed by atoms with Gasteiger partial charge in [-0.2, -0.15) is 21.9 Å². The van der Waals surface area contributed by atoms with Gasteiger partial charge in [-0.05, 0) is 41.8 Å². The van der Waals surface area contributed by atoms with E-state index in [9.17, 15) is 26.7 Å². The first-order valence-corrected chi connectivity index (χ1v) is 13.2. The van der Waals surface area contributed by atoms with E-state index in [0.29, 0.717) is 5.69 Å². The van der Waals surface area contributed by atoms with Crippen LogP contribution >= 0.6 is 11.7 Å². The number of carbonyl (C=O) groups is 1. The van der Waals surface area contributed by atoms with Crippen LogP contribution in [0.4, 0.5) is 19.0 Å². The van der Waals surface area contributed by atoms with Crippen molar-refractivity contribution in [1.82, 2.24) is 14.1 Å². The summed E-state index contributed by atoms with van der Waals surface area (Å²) in [5.74, 6) is -0.642. The van der Waals surface area contributed by atoms with Gasteiger partial charge < -0.3 is 9.87 Å². The molecule has 12 heteroatoms. The molecule has 0 aliphatic carbocycles. The summed E-state index contributed by atoms with van der Waals surface area (Å²) in [6.07, 6.45) is -4.42. The molecule has 4 rings (SSSR count). The van der Waals surface area contributed by atoms with Crippen molar-refractivity contribution < 1.29 is 26.7 Å². The highest BCUT2D eigenvalue weighted by Crippen LogP contribution is 2.32. The number of nitrogens with one attached hydrogen (secondary N) is 1. The number of halogens is 3. The van der Waals surface area contributed by atoms with Gasteiger partial charge in [0.15, 0.2) is 5.82 Å². The molecule has 1 N–H and O–H groups in total. The Bertz CT molecular complexity index is 1420. The quantitative estimate of drug-likeness (QED) is 0.276. The number of anilines is 1. The minimum Gasteiger partial charge on any atom is -0.755 e. The maximum absolute atomic E-state index is 13.6. The molecule has 0 aliphatic rings. The highest BCUT2D eigenvalue weighted by Gasteiger charge is 2.32. The third-order valence-corrected chi connectivity index (χ3v) is 7.02. The van der Waals surface area contributed by atoms with Gasteiger partial charge in [-0.15, -0.1) is 0 Å². The molecule has 0 radical (unpaired) electrons. The minimum absolute atomic E-state index is 0.00592. The normalized spacial score (nSPS) is 13.1. The van der Waals surface area contributed by atoms with E-state index in [1.54, 1.807) is 19.1 Å². The van der Waals surface area contributed by atoms with Crippen molar-refractivity contribution in [2.24, 2.45) is 0 Å². The third-order valence-electron chi connectivity index (χ3n) is 5.81. The number of nitrogens with zero attached hydrogens (tertiary/aromatic N) is 3. The molecule has 0 spiro atoms. The lowest BCUT2D eigenvalue weighted by Crippen LogP contribution is -2.31. The summed E-state index contributed by atoms with van der Waals surface area (Å²) in [6, 6.07) is 20.4. The van der Waals surface area contributed by atoms with Crippen LogP contribution in [0.25, 0.3) is 0 Å². The van der Waals surface area contributed by atoms with Gasteiger partial charge >= 0.3 is 6.18 Å². The van der Waals surface area contributed by atoms with Crippen LogP contribution in [0.5, 0.6) is 0 Å². The Morgan fingerprint density at radius 2 is 1.71 bits per heavy atom. The Hall–Kier alpha value is -3.61. The molecule has 1 aromatic heterocycles. The monoisotopic (exact) mass is 559 g/mol. The van der Waals surface area contributed by atoms with Crippen LogP contribution in [-0.4, -0.2) is 23.4 Å². The summed E-state index contributed by atoms with van der Waals surface area (Å²) in [5, 5.41) is 2.77. The van der Waals surface area contributed by atoms with Crippen molar-refractivity contribution in [2.45, 2.75) is 32.1 Å². The number of hydrogen-bond donors (Lipinski definition) is 1. The van der Waals surface area contributed by atoms with E-state index >= 15 is 0 Å². The fourth-order valence-corrected chi connectivity index (χ4v) is 5.02. The summed E-state index contributed by atoms with van der Waals surface area (Å²) in [6.45, 7) is 1.20. The van der Waals surface area contributed by atoms with Crippen molar-refractivity contribution >= 4 is 34.7 Å². The summed E-state index contributed by atoms with van der Waals surface area (Å²) in [4.78, 5) is 13.2. The molecule has 1 heterocycles. The second kappa shape index (κ2) is 11.8. The van der Waals surface area contributed by atoms with E-state index in [1.807, 2.05) is 48.5 Å². The zero-order chi connectivity index (χ0) is 27.3. The van der Waals surface area contributed by atoms with E-state index in [-0.39, 0.29) is 23.4 Å². The molecular formula is C26H22F3N4O3S2-. The topological polar surface area (TPSA) is 98.2 Å². The zero-order valence-electron chi connectivity index (χ0n) is 20.0. The average molecular weight is 560 g/mol. The van der Waals surface area contributed by atoms with E-state index in [4.69, 9.17) is 0 Å². The first-order valence-electron chi connectivity index (χ1n) is 11.4.